The topological polar surface area (TPSA) is 108 Å². The molecule has 0 fully saturated rings. The lowest BCUT2D eigenvalue weighted by Crippen LogP contribution is -2.57. The molecule has 0 heterocycles. The largest absolute Gasteiger partial charge is 0.449 e. The first-order valence-electron chi connectivity index (χ1n) is 5.27. The molecule has 0 saturated heterocycles. The van der Waals surface area contributed by atoms with Crippen LogP contribution in [0, 0.1) is 0 Å². The molecule has 0 aliphatic rings. The summed E-state index contributed by atoms with van der Waals surface area (Å²) in [7, 11) is -9.73. The maximum atomic E-state index is 13.4. The second-order valence-corrected chi connectivity index (χ2v) is 10.9. The van der Waals surface area contributed by atoms with E-state index in [0.29, 0.717) is 14.2 Å². The first-order chi connectivity index (χ1) is 11.2. The second kappa shape index (κ2) is 7.73. The van der Waals surface area contributed by atoms with E-state index in [1.807, 2.05) is 4.74 Å². The summed E-state index contributed by atoms with van der Waals surface area (Å²) in [5, 5.41) is -12.7. The van der Waals surface area contributed by atoms with Gasteiger partial charge in [-0.25, -0.2) is 21.9 Å². The maximum absolute atomic E-state index is 13.4. The molecule has 0 aliphatic heterocycles. The minimum absolute atomic E-state index is 0.226. The van der Waals surface area contributed by atoms with Crippen LogP contribution in [-0.2, 0) is 39.0 Å². The van der Waals surface area contributed by atoms with Gasteiger partial charge in [0.2, 0.25) is 10.6 Å². The zero-order valence-corrected chi connectivity index (χ0v) is 15.3. The lowest BCUT2D eigenvalue weighted by molar-refractivity contribution is -0.442. The van der Waals surface area contributed by atoms with Crippen LogP contribution in [0.3, 0.4) is 0 Å². The normalized spacial score (nSPS) is 16.6. The van der Waals surface area contributed by atoms with Crippen molar-refractivity contribution >= 4 is 39.0 Å². The molecule has 0 radical (unpaired) electrons. The van der Waals surface area contributed by atoms with E-state index >= 15 is 0 Å². The summed E-state index contributed by atoms with van der Waals surface area (Å²) < 4.78 is 158. The summed E-state index contributed by atoms with van der Waals surface area (Å²) in [6.45, 7) is -4.98. The highest BCUT2D eigenvalue weighted by Gasteiger charge is 2.74. The van der Waals surface area contributed by atoms with E-state index in [1.165, 1.54) is 0 Å². The molecule has 0 aromatic carbocycles. The van der Waals surface area contributed by atoms with Gasteiger partial charge >= 0.3 is 29.7 Å². The van der Waals surface area contributed by atoms with Gasteiger partial charge in [-0.2, -0.15) is 35.1 Å². The highest BCUT2D eigenvalue weighted by Crippen LogP contribution is 2.51. The number of alkyl halides is 9. The van der Waals surface area contributed by atoms with E-state index in [2.05, 4.69) is 20.6 Å². The van der Waals surface area contributed by atoms with Crippen LogP contribution in [0.2, 0.25) is 0 Å². The van der Waals surface area contributed by atoms with E-state index in [4.69, 9.17) is 0 Å². The van der Waals surface area contributed by atoms with Gasteiger partial charge in [-0.1, -0.05) is 0 Å². The van der Waals surface area contributed by atoms with Crippen molar-refractivity contribution in [2.24, 2.45) is 0 Å². The zero-order valence-electron chi connectivity index (χ0n) is 12.0. The third-order valence-electron chi connectivity index (χ3n) is 2.09. The third kappa shape index (κ3) is 5.03. The van der Waals surface area contributed by atoms with Crippen molar-refractivity contribution in [1.82, 2.24) is 4.13 Å². The molecule has 1 atom stereocenters. The van der Waals surface area contributed by atoms with Crippen LogP contribution in [0.5, 0.6) is 0 Å². The van der Waals surface area contributed by atoms with Crippen molar-refractivity contribution < 1.29 is 66.1 Å². The van der Waals surface area contributed by atoms with Crippen LogP contribution in [0.15, 0.2) is 0 Å². The van der Waals surface area contributed by atoms with Crippen molar-refractivity contribution in [2.75, 3.05) is 14.2 Å². The van der Waals surface area contributed by atoms with Crippen molar-refractivity contribution in [1.29, 1.82) is 0 Å². The molecule has 0 amide bonds. The van der Waals surface area contributed by atoms with E-state index in [-0.39, 0.29) is 4.13 Å². The molecule has 0 aliphatic carbocycles. The predicted octanol–water partition coefficient (Wildman–Crippen LogP) is 2.60. The SMILES string of the molecule is COP(=O)(OC)S(=O)NS(=O)(=O)C(F)(F)C(F)(F)OC(F)(F)C(F)(F)Cl. The average Bonchev–Trinajstić information content (AvgIpc) is 2.43. The van der Waals surface area contributed by atoms with Crippen molar-refractivity contribution in [3.63, 3.8) is 0 Å². The highest BCUT2D eigenvalue weighted by atomic mass is 35.5. The number of nitrogens with one attached hydrogen (secondary N) is 1. The summed E-state index contributed by atoms with van der Waals surface area (Å²) in [5.74, 6) is 0. The Balaban J connectivity index is 5.84. The molecule has 1 N–H and O–H groups in total. The van der Waals surface area contributed by atoms with E-state index in [9.17, 15) is 52.3 Å². The Hall–Kier alpha value is -0.100. The summed E-state index contributed by atoms with van der Waals surface area (Å²) in [4.78, 5) is 0. The Labute approximate surface area is 147 Å². The minimum atomic E-state index is -6.95. The van der Waals surface area contributed by atoms with Gasteiger partial charge in [0.15, 0.2) is 0 Å². The third-order valence-corrected chi connectivity index (χ3v) is 8.76. The van der Waals surface area contributed by atoms with E-state index in [1.54, 1.807) is 0 Å². The number of rotatable bonds is 10. The van der Waals surface area contributed by atoms with Crippen molar-refractivity contribution in [2.45, 2.75) is 22.9 Å². The molecule has 0 spiro atoms. The molecule has 26 heavy (non-hydrogen) atoms. The Morgan fingerprint density at radius 1 is 0.962 bits per heavy atom. The standard InChI is InChI=1S/C6H7ClF8NO7PS2/c1-21-24(17,22-2)25(18)16-26(19,20)6(14,15)5(12,13)23-4(10,11)3(7,8)9/h16H,1-2H3. The van der Waals surface area contributed by atoms with Gasteiger partial charge in [0, 0.05) is 14.2 Å². The fourth-order valence-corrected chi connectivity index (χ4v) is 5.70. The molecule has 0 aromatic rings. The zero-order chi connectivity index (χ0) is 21.4. The quantitative estimate of drug-likeness (QED) is 0.287. The Kier molecular flexibility index (Phi) is 7.70. The number of sulfonamides is 1. The Morgan fingerprint density at radius 2 is 1.35 bits per heavy atom. The fraction of sp³-hybridized carbons (Fsp3) is 1.00. The first-order valence-corrected chi connectivity index (χ1v) is 10.4. The summed E-state index contributed by atoms with van der Waals surface area (Å²) in [5.41, 5.74) is 0. The van der Waals surface area contributed by atoms with Gasteiger partial charge in [-0.05, 0) is 11.6 Å². The summed E-state index contributed by atoms with van der Waals surface area (Å²) >= 11 is 3.71. The Bertz CT molecular complexity index is 690. The van der Waals surface area contributed by atoms with Crippen LogP contribution < -0.4 is 4.13 Å². The second-order valence-electron chi connectivity index (χ2n) is 3.80. The van der Waals surface area contributed by atoms with Gasteiger partial charge in [-0.3, -0.25) is 0 Å². The molecule has 0 rings (SSSR count). The molecule has 158 valence electrons. The first kappa shape index (κ1) is 25.9. The molecular formula is C6H7ClF8NO7PS2. The molecule has 1 unspecified atom stereocenters. The lowest BCUT2D eigenvalue weighted by atomic mass is 10.6. The maximum Gasteiger partial charge on any atom is 0.449 e. The van der Waals surface area contributed by atoms with Crippen molar-refractivity contribution in [3.05, 3.63) is 0 Å². The molecule has 8 nitrogen and oxygen atoms in total. The molecule has 0 aromatic heterocycles. The summed E-state index contributed by atoms with van der Waals surface area (Å²) in [6, 6.07) is 0. The average molecular weight is 488 g/mol. The lowest BCUT2D eigenvalue weighted by Gasteiger charge is -2.30. The Morgan fingerprint density at radius 3 is 1.65 bits per heavy atom. The molecule has 0 saturated carbocycles. The van der Waals surface area contributed by atoms with Gasteiger partial charge in [0.1, 0.15) is 0 Å². The number of halogens is 9. The van der Waals surface area contributed by atoms with Gasteiger partial charge in [-0.15, -0.1) is 4.13 Å². The van der Waals surface area contributed by atoms with Crippen LogP contribution >= 0.6 is 18.4 Å². The van der Waals surface area contributed by atoms with Crippen LogP contribution in [0.25, 0.3) is 0 Å². The van der Waals surface area contributed by atoms with Gasteiger partial charge in [0.05, 0.1) is 0 Å². The number of ether oxygens (including phenoxy) is 1. The summed E-state index contributed by atoms with van der Waals surface area (Å²) in [6.07, 6.45) is -13.3. The van der Waals surface area contributed by atoms with Gasteiger partial charge < -0.3 is 9.05 Å². The van der Waals surface area contributed by atoms with Crippen LogP contribution in [-0.4, -0.2) is 49.7 Å². The number of hydrogen-bond donors (Lipinski definition) is 1. The van der Waals surface area contributed by atoms with Crippen LogP contribution in [0.4, 0.5) is 35.1 Å². The smallest absolute Gasteiger partial charge is 0.302 e. The minimum Gasteiger partial charge on any atom is -0.302 e. The van der Waals surface area contributed by atoms with E-state index in [0.717, 1.165) is 0 Å². The van der Waals surface area contributed by atoms with Crippen molar-refractivity contribution in [3.8, 4) is 0 Å². The van der Waals surface area contributed by atoms with Gasteiger partial charge in [0.25, 0.3) is 10.0 Å². The fourth-order valence-electron chi connectivity index (χ4n) is 0.836. The van der Waals surface area contributed by atoms with E-state index < -0.39 is 50.3 Å². The predicted molar refractivity (Wildman–Crippen MR) is 68.5 cm³/mol. The highest BCUT2D eigenvalue weighted by molar-refractivity contribution is 8.46. The molecule has 0 bridgehead atoms. The van der Waals surface area contributed by atoms with Crippen LogP contribution in [0.1, 0.15) is 0 Å². The number of hydrogen-bond acceptors (Lipinski definition) is 7. The molecule has 20 heteroatoms. The monoisotopic (exact) mass is 487 g/mol. The molecular weight excluding hydrogens is 481 g/mol.